The van der Waals surface area contributed by atoms with E-state index in [9.17, 15) is 0 Å². The van der Waals surface area contributed by atoms with Crippen molar-refractivity contribution in [3.63, 3.8) is 0 Å². The van der Waals surface area contributed by atoms with E-state index in [2.05, 4.69) is 54.6 Å². The fourth-order valence-electron chi connectivity index (χ4n) is 6.89. The Morgan fingerprint density at radius 3 is 1.96 bits per heavy atom. The molecule has 0 N–H and O–H groups in total. The van der Waals surface area contributed by atoms with Gasteiger partial charge < -0.3 is 28.4 Å². The van der Waals surface area contributed by atoms with E-state index in [1.807, 2.05) is 85.8 Å². The van der Waals surface area contributed by atoms with E-state index in [4.69, 9.17) is 40.0 Å². The Balaban J connectivity index is 1.20. The monoisotopic (exact) mass is 690 g/mol. The van der Waals surface area contributed by atoms with Gasteiger partial charge in [-0.1, -0.05) is 121 Å². The first-order valence-electron chi connectivity index (χ1n) is 17.3. The molecule has 2 aliphatic rings. The van der Waals surface area contributed by atoms with Gasteiger partial charge >= 0.3 is 0 Å². The lowest BCUT2D eigenvalue weighted by atomic mass is 9.85. The summed E-state index contributed by atoms with van der Waals surface area (Å²) in [6.45, 7) is 4.42. The van der Waals surface area contributed by atoms with Crippen molar-refractivity contribution in [1.82, 2.24) is 0 Å². The standard InChI is InChI=1S/C43H43ClO6/c1-2-46-38-21-18-32(19-22-38)24-36-25-37(20-23-39(36)44)43-26-40(47-28-34-14-8-4-9-15-34)41(48-29-35-16-10-5-11-17-35)42(50-43,31-49-43)30-45-27-33-12-6-3-7-13-33/h3-23,25,40-41H,2,24,26-31H2,1H3/t40?,41-,42?,43?/m0/s1. The SMILES string of the molecule is CCOc1ccc(Cc2cc(C34CC(OCc5ccccc5)[C@H](OCc5ccccc5)C(COCc5ccccc5)(CO3)O4)ccc2Cl)cc1. The van der Waals surface area contributed by atoms with Crippen LogP contribution < -0.4 is 4.74 Å². The van der Waals surface area contributed by atoms with Crippen LogP contribution in [0, 0.1) is 0 Å². The third kappa shape index (κ3) is 7.97. The molecule has 2 heterocycles. The summed E-state index contributed by atoms with van der Waals surface area (Å²) in [6, 6.07) is 44.7. The van der Waals surface area contributed by atoms with E-state index in [1.54, 1.807) is 0 Å². The second-order valence-corrected chi connectivity index (χ2v) is 13.4. The first-order chi connectivity index (χ1) is 24.5. The highest BCUT2D eigenvalue weighted by atomic mass is 35.5. The molecule has 0 spiro atoms. The molecule has 50 heavy (non-hydrogen) atoms. The number of ether oxygens (including phenoxy) is 6. The molecule has 2 saturated heterocycles. The zero-order valence-corrected chi connectivity index (χ0v) is 29.1. The Kier molecular flexibility index (Phi) is 11.0. The summed E-state index contributed by atoms with van der Waals surface area (Å²) in [5.41, 5.74) is 5.31. The minimum absolute atomic E-state index is 0.265. The Hall–Kier alpha value is -4.01. The van der Waals surface area contributed by atoms with Crippen molar-refractivity contribution < 1.29 is 28.4 Å². The Morgan fingerprint density at radius 1 is 0.700 bits per heavy atom. The van der Waals surface area contributed by atoms with Crippen LogP contribution in [0.4, 0.5) is 0 Å². The summed E-state index contributed by atoms with van der Waals surface area (Å²) in [5.74, 6) is -0.233. The maximum absolute atomic E-state index is 7.16. The summed E-state index contributed by atoms with van der Waals surface area (Å²) < 4.78 is 39.6. The molecule has 5 aromatic rings. The fraction of sp³-hybridized carbons (Fsp3) is 0.302. The zero-order chi connectivity index (χ0) is 34.2. The maximum atomic E-state index is 7.16. The van der Waals surface area contributed by atoms with E-state index in [0.29, 0.717) is 44.3 Å². The van der Waals surface area contributed by atoms with Gasteiger partial charge in [-0.25, -0.2) is 0 Å². The van der Waals surface area contributed by atoms with Crippen molar-refractivity contribution >= 4 is 11.6 Å². The topological polar surface area (TPSA) is 55.4 Å². The van der Waals surface area contributed by atoms with Gasteiger partial charge in [0.1, 0.15) is 17.5 Å². The number of hydrogen-bond acceptors (Lipinski definition) is 6. The highest BCUT2D eigenvalue weighted by molar-refractivity contribution is 6.31. The van der Waals surface area contributed by atoms with E-state index >= 15 is 0 Å². The second kappa shape index (κ2) is 15.9. The van der Waals surface area contributed by atoms with Gasteiger partial charge in [0.05, 0.1) is 45.7 Å². The van der Waals surface area contributed by atoms with Crippen LogP contribution in [0.3, 0.4) is 0 Å². The summed E-state index contributed by atoms with van der Waals surface area (Å²) in [7, 11) is 0. The second-order valence-electron chi connectivity index (χ2n) is 13.0. The van der Waals surface area contributed by atoms with Crippen molar-refractivity contribution in [2.24, 2.45) is 0 Å². The molecular weight excluding hydrogens is 648 g/mol. The van der Waals surface area contributed by atoms with Crippen LogP contribution in [0.5, 0.6) is 5.75 Å². The molecular formula is C43H43ClO6. The summed E-state index contributed by atoms with van der Waals surface area (Å²) in [6.07, 6.45) is 0.260. The minimum atomic E-state index is -1.08. The first-order valence-corrected chi connectivity index (χ1v) is 17.7. The van der Waals surface area contributed by atoms with E-state index in [0.717, 1.165) is 39.1 Å². The predicted molar refractivity (Wildman–Crippen MR) is 194 cm³/mol. The molecule has 258 valence electrons. The molecule has 0 aliphatic carbocycles. The highest BCUT2D eigenvalue weighted by Crippen LogP contribution is 2.52. The smallest absolute Gasteiger partial charge is 0.198 e. The lowest BCUT2D eigenvalue weighted by Crippen LogP contribution is -2.61. The van der Waals surface area contributed by atoms with E-state index in [-0.39, 0.29) is 19.3 Å². The number of benzene rings is 5. The van der Waals surface area contributed by atoms with Crippen LogP contribution in [0.1, 0.15) is 46.7 Å². The number of rotatable bonds is 15. The number of fused-ring (bicyclic) bond motifs is 2. The van der Waals surface area contributed by atoms with Gasteiger partial charge in [0.2, 0.25) is 0 Å². The molecule has 7 rings (SSSR count). The average Bonchev–Trinajstić information content (AvgIpc) is 3.47. The van der Waals surface area contributed by atoms with Crippen LogP contribution >= 0.6 is 11.6 Å². The van der Waals surface area contributed by atoms with Gasteiger partial charge in [0, 0.05) is 17.0 Å². The number of hydrogen-bond donors (Lipinski definition) is 0. The Morgan fingerprint density at radius 2 is 1.32 bits per heavy atom. The summed E-state index contributed by atoms with van der Waals surface area (Å²) in [4.78, 5) is 0. The first kappa shape index (κ1) is 34.4. The Labute approximate surface area is 299 Å². The van der Waals surface area contributed by atoms with Gasteiger partial charge in [-0.3, -0.25) is 0 Å². The van der Waals surface area contributed by atoms with Crippen LogP contribution in [-0.2, 0) is 55.7 Å². The molecule has 2 bridgehead atoms. The van der Waals surface area contributed by atoms with Crippen LogP contribution in [-0.4, -0.2) is 37.6 Å². The van der Waals surface area contributed by atoms with Crippen LogP contribution in [0.25, 0.3) is 0 Å². The normalized spacial score (nSPS) is 22.8. The quantitative estimate of drug-likeness (QED) is 0.109. The average molecular weight is 691 g/mol. The molecule has 4 atom stereocenters. The molecule has 0 amide bonds. The van der Waals surface area contributed by atoms with E-state index in [1.165, 1.54) is 0 Å². The fourth-order valence-corrected chi connectivity index (χ4v) is 7.07. The predicted octanol–water partition coefficient (Wildman–Crippen LogP) is 9.06. The van der Waals surface area contributed by atoms with Crippen molar-refractivity contribution in [1.29, 1.82) is 0 Å². The van der Waals surface area contributed by atoms with Gasteiger partial charge in [-0.15, -0.1) is 0 Å². The highest BCUT2D eigenvalue weighted by Gasteiger charge is 2.64. The maximum Gasteiger partial charge on any atom is 0.198 e. The third-order valence-electron chi connectivity index (χ3n) is 9.40. The molecule has 5 aromatic carbocycles. The van der Waals surface area contributed by atoms with Crippen molar-refractivity contribution in [3.8, 4) is 5.75 Å². The summed E-state index contributed by atoms with van der Waals surface area (Å²) in [5, 5.41) is 0.686. The molecule has 0 saturated carbocycles. The van der Waals surface area contributed by atoms with Gasteiger partial charge in [-0.05, 0) is 65.4 Å². The largest absolute Gasteiger partial charge is 0.494 e. The van der Waals surface area contributed by atoms with Gasteiger partial charge in [0.25, 0.3) is 0 Å². The van der Waals surface area contributed by atoms with Crippen LogP contribution in [0.2, 0.25) is 5.02 Å². The molecule has 0 radical (unpaired) electrons. The lowest BCUT2D eigenvalue weighted by Gasteiger charge is -2.47. The van der Waals surface area contributed by atoms with E-state index < -0.39 is 17.5 Å². The Bertz CT molecular complexity index is 1800. The summed E-state index contributed by atoms with van der Waals surface area (Å²) >= 11 is 6.82. The minimum Gasteiger partial charge on any atom is -0.494 e. The van der Waals surface area contributed by atoms with Crippen molar-refractivity contribution in [2.75, 3.05) is 19.8 Å². The molecule has 6 nitrogen and oxygen atoms in total. The molecule has 2 fully saturated rings. The molecule has 2 aliphatic heterocycles. The molecule has 0 aromatic heterocycles. The third-order valence-corrected chi connectivity index (χ3v) is 9.76. The van der Waals surface area contributed by atoms with Gasteiger partial charge in [-0.2, -0.15) is 0 Å². The molecule has 3 unspecified atom stereocenters. The number of halogens is 1. The van der Waals surface area contributed by atoms with Crippen molar-refractivity contribution in [3.05, 3.63) is 172 Å². The van der Waals surface area contributed by atoms with Gasteiger partial charge in [0.15, 0.2) is 5.79 Å². The zero-order valence-electron chi connectivity index (χ0n) is 28.3. The molecule has 7 heteroatoms. The van der Waals surface area contributed by atoms with Crippen LogP contribution in [0.15, 0.2) is 133 Å². The lowest BCUT2D eigenvalue weighted by molar-refractivity contribution is -0.301. The van der Waals surface area contributed by atoms with Crippen molar-refractivity contribution in [2.45, 2.75) is 63.2 Å².